The number of ether oxygens (including phenoxy) is 2. The van der Waals surface area contributed by atoms with Crippen LogP contribution in [0.5, 0.6) is 11.8 Å². The van der Waals surface area contributed by atoms with Crippen molar-refractivity contribution in [2.75, 3.05) is 14.2 Å². The molecule has 240 valence electrons. The van der Waals surface area contributed by atoms with Gasteiger partial charge in [0.05, 0.1) is 48.0 Å². The molecule has 6 rings (SSSR count). The predicted octanol–water partition coefficient (Wildman–Crippen LogP) is 6.78. The zero-order valence-electron chi connectivity index (χ0n) is 25.7. The molecule has 1 aliphatic heterocycles. The summed E-state index contributed by atoms with van der Waals surface area (Å²) in [5.74, 6) is 0.942. The van der Waals surface area contributed by atoms with E-state index in [1.54, 1.807) is 26.6 Å². The van der Waals surface area contributed by atoms with Gasteiger partial charge in [-0.25, -0.2) is 14.4 Å². The number of alkyl halides is 1. The third kappa shape index (κ3) is 6.94. The normalized spacial score (nSPS) is 19.1. The lowest BCUT2D eigenvalue weighted by molar-refractivity contribution is -0.119. The molecule has 46 heavy (non-hydrogen) atoms. The first kappa shape index (κ1) is 32.1. The second-order valence-electron chi connectivity index (χ2n) is 11.6. The first-order valence-electron chi connectivity index (χ1n) is 15.4. The minimum Gasteiger partial charge on any atom is -0.480 e. The summed E-state index contributed by atoms with van der Waals surface area (Å²) in [6.07, 6.45) is 7.54. The molecule has 9 nitrogen and oxygen atoms in total. The van der Waals surface area contributed by atoms with Gasteiger partial charge in [0, 0.05) is 47.3 Å². The predicted molar refractivity (Wildman–Crippen MR) is 176 cm³/mol. The third-order valence-electron chi connectivity index (χ3n) is 8.54. The number of aromatic nitrogens is 4. The molecule has 1 saturated carbocycles. The number of halogens is 3. The van der Waals surface area contributed by atoms with Gasteiger partial charge in [0.1, 0.15) is 17.6 Å². The molecule has 2 aliphatic rings. The highest BCUT2D eigenvalue weighted by atomic mass is 35.5. The lowest BCUT2D eigenvalue weighted by atomic mass is 9.91. The minimum atomic E-state index is -0.734. The van der Waals surface area contributed by atoms with E-state index in [0.717, 1.165) is 36.1 Å². The summed E-state index contributed by atoms with van der Waals surface area (Å²) in [7, 11) is 3.12. The molecule has 1 amide bonds. The monoisotopic (exact) mass is 664 g/mol. The summed E-state index contributed by atoms with van der Waals surface area (Å²) in [6.45, 7) is 0.429. The smallest absolute Gasteiger partial charge is 0.237 e. The van der Waals surface area contributed by atoms with Crippen molar-refractivity contribution in [1.29, 1.82) is 0 Å². The van der Waals surface area contributed by atoms with Gasteiger partial charge in [0.2, 0.25) is 17.7 Å². The number of carbonyl (C=O) groups is 1. The van der Waals surface area contributed by atoms with Crippen molar-refractivity contribution in [3.8, 4) is 45.4 Å². The van der Waals surface area contributed by atoms with Crippen molar-refractivity contribution in [3.05, 3.63) is 70.2 Å². The van der Waals surface area contributed by atoms with Crippen LogP contribution in [0.3, 0.4) is 0 Å². The van der Waals surface area contributed by atoms with Gasteiger partial charge in [-0.3, -0.25) is 14.8 Å². The Morgan fingerprint density at radius 3 is 2.00 bits per heavy atom. The molecule has 0 spiro atoms. The van der Waals surface area contributed by atoms with E-state index in [9.17, 15) is 9.18 Å². The number of aryl methyl sites for hydroxylation is 1. The molecule has 4 aromatic rings. The number of amides is 1. The van der Waals surface area contributed by atoms with Crippen LogP contribution in [-0.4, -0.2) is 58.3 Å². The molecule has 12 heteroatoms. The van der Waals surface area contributed by atoms with Gasteiger partial charge in [-0.1, -0.05) is 59.6 Å². The maximum absolute atomic E-state index is 13.2. The summed E-state index contributed by atoms with van der Waals surface area (Å²) in [5.41, 5.74) is 5.33. The molecule has 0 unspecified atom stereocenters. The van der Waals surface area contributed by atoms with Crippen LogP contribution >= 0.6 is 23.2 Å². The Bertz CT molecular complexity index is 1740. The second-order valence-corrected chi connectivity index (χ2v) is 12.4. The molecular formula is C34H35Cl2FN6O3. The van der Waals surface area contributed by atoms with E-state index in [-0.39, 0.29) is 18.0 Å². The van der Waals surface area contributed by atoms with Crippen molar-refractivity contribution in [2.45, 2.75) is 69.7 Å². The van der Waals surface area contributed by atoms with Gasteiger partial charge in [0.25, 0.3) is 0 Å². The van der Waals surface area contributed by atoms with Gasteiger partial charge in [0.15, 0.2) is 0 Å². The van der Waals surface area contributed by atoms with E-state index in [4.69, 9.17) is 37.7 Å². The first-order valence-corrected chi connectivity index (χ1v) is 16.1. The second kappa shape index (κ2) is 14.3. The lowest BCUT2D eigenvalue weighted by Gasteiger charge is -2.30. The number of methoxy groups -OCH3 is 2. The van der Waals surface area contributed by atoms with Crippen LogP contribution < -0.4 is 20.1 Å². The highest BCUT2D eigenvalue weighted by Gasteiger charge is 2.29. The van der Waals surface area contributed by atoms with Crippen LogP contribution in [0.4, 0.5) is 4.39 Å². The fourth-order valence-corrected chi connectivity index (χ4v) is 6.56. The Morgan fingerprint density at radius 1 is 0.891 bits per heavy atom. The van der Waals surface area contributed by atoms with Gasteiger partial charge >= 0.3 is 0 Å². The summed E-state index contributed by atoms with van der Waals surface area (Å²) in [4.78, 5) is 30.2. The summed E-state index contributed by atoms with van der Waals surface area (Å²) < 4.78 is 24.3. The quantitative estimate of drug-likeness (QED) is 0.170. The molecule has 3 heterocycles. The SMILES string of the molecule is COc1nc(-c2cccc(-c3cccc(-c4cnc(CNC5CC(F)C5)c(OC)n4)c3Cl)c2Cl)cnc1CCC[C@@H]1CCC(=O)N1. The van der Waals surface area contributed by atoms with E-state index >= 15 is 0 Å². The number of hydrogen-bond acceptors (Lipinski definition) is 8. The molecule has 2 aromatic heterocycles. The molecule has 2 fully saturated rings. The number of nitrogens with one attached hydrogen (secondary N) is 2. The molecule has 1 saturated heterocycles. The van der Waals surface area contributed by atoms with Crippen LogP contribution in [0.15, 0.2) is 48.8 Å². The van der Waals surface area contributed by atoms with Crippen LogP contribution in [-0.2, 0) is 17.8 Å². The van der Waals surface area contributed by atoms with Gasteiger partial charge in [-0.05, 0) is 38.5 Å². The molecule has 1 atom stereocenters. The Kier molecular flexibility index (Phi) is 9.96. The topological polar surface area (TPSA) is 111 Å². The van der Waals surface area contributed by atoms with Crippen LogP contribution in [0.1, 0.15) is 49.9 Å². The molecular weight excluding hydrogens is 630 g/mol. The maximum Gasteiger partial charge on any atom is 0.237 e. The largest absolute Gasteiger partial charge is 0.480 e. The summed E-state index contributed by atoms with van der Waals surface area (Å²) in [6, 6.07) is 11.7. The summed E-state index contributed by atoms with van der Waals surface area (Å²) >= 11 is 14.0. The van der Waals surface area contributed by atoms with Gasteiger partial charge in [-0.15, -0.1) is 0 Å². The first-order chi connectivity index (χ1) is 22.3. The van der Waals surface area contributed by atoms with Crippen LogP contribution in [0, 0.1) is 0 Å². The number of hydrogen-bond donors (Lipinski definition) is 2. The van der Waals surface area contributed by atoms with Crippen molar-refractivity contribution in [1.82, 2.24) is 30.6 Å². The van der Waals surface area contributed by atoms with E-state index in [0.29, 0.717) is 82.2 Å². The summed E-state index contributed by atoms with van der Waals surface area (Å²) in [5, 5.41) is 7.24. The van der Waals surface area contributed by atoms with E-state index in [1.807, 2.05) is 36.4 Å². The van der Waals surface area contributed by atoms with Crippen LogP contribution in [0.25, 0.3) is 33.6 Å². The van der Waals surface area contributed by atoms with E-state index < -0.39 is 6.17 Å². The highest BCUT2D eigenvalue weighted by Crippen LogP contribution is 2.42. The lowest BCUT2D eigenvalue weighted by Crippen LogP contribution is -2.42. The number of nitrogens with zero attached hydrogens (tertiary/aromatic N) is 4. The Labute approximate surface area is 277 Å². The maximum atomic E-state index is 13.2. The standard InChI is InChI=1S/C34H35Cl2FN6O3/c1-45-33-26(11-3-6-20-12-13-30(44)41-20)39-16-27(42-33)24-9-4-7-22(31(24)35)23-8-5-10-25(32(23)36)28-17-40-29(34(43-28)46-2)18-38-21-14-19(37)15-21/h4-5,7-10,16-17,19-21,38H,3,6,11-15,18H2,1-2H3,(H,41,44)/t19?,20-,21?/m1/s1. The van der Waals surface area contributed by atoms with Gasteiger partial charge < -0.3 is 20.1 Å². The van der Waals surface area contributed by atoms with Crippen molar-refractivity contribution in [2.24, 2.45) is 0 Å². The van der Waals surface area contributed by atoms with Crippen molar-refractivity contribution < 1.29 is 18.7 Å². The van der Waals surface area contributed by atoms with Crippen molar-refractivity contribution >= 4 is 29.1 Å². The fourth-order valence-electron chi connectivity index (χ4n) is 5.91. The third-order valence-corrected chi connectivity index (χ3v) is 9.35. The average Bonchev–Trinajstić information content (AvgIpc) is 3.47. The van der Waals surface area contributed by atoms with E-state index in [2.05, 4.69) is 25.6 Å². The Balaban J connectivity index is 1.23. The molecule has 2 N–H and O–H groups in total. The Morgan fingerprint density at radius 2 is 1.46 bits per heavy atom. The minimum absolute atomic E-state index is 0.119. The molecule has 1 aliphatic carbocycles. The van der Waals surface area contributed by atoms with Crippen molar-refractivity contribution in [3.63, 3.8) is 0 Å². The Hall–Kier alpha value is -3.86. The van der Waals surface area contributed by atoms with Crippen LogP contribution in [0.2, 0.25) is 10.0 Å². The average molecular weight is 666 g/mol. The number of rotatable bonds is 12. The molecule has 2 aromatic carbocycles. The molecule has 0 radical (unpaired) electrons. The van der Waals surface area contributed by atoms with E-state index in [1.165, 1.54) is 0 Å². The van der Waals surface area contributed by atoms with Gasteiger partial charge in [-0.2, -0.15) is 0 Å². The number of carbonyl (C=O) groups excluding carboxylic acids is 1. The fraction of sp³-hybridized carbons (Fsp3) is 0.382. The molecule has 0 bridgehead atoms. The number of benzene rings is 2. The zero-order chi connectivity index (χ0) is 32.2. The zero-order valence-corrected chi connectivity index (χ0v) is 27.2. The highest BCUT2D eigenvalue weighted by molar-refractivity contribution is 6.39.